The lowest BCUT2D eigenvalue weighted by Gasteiger charge is -2.09. The highest BCUT2D eigenvalue weighted by Crippen LogP contribution is 2.37. The first-order chi connectivity index (χ1) is 22.1. The second-order valence-electron chi connectivity index (χ2n) is 11.3. The molecule has 0 spiro atoms. The van der Waals surface area contributed by atoms with E-state index >= 15 is 0 Å². The Morgan fingerprint density at radius 2 is 0.913 bits per heavy atom. The number of hydrogen-bond donors (Lipinski definition) is 0. The molecule has 4 aromatic heterocycles. The summed E-state index contributed by atoms with van der Waals surface area (Å²) >= 11 is 15.6. The lowest BCUT2D eigenvalue weighted by atomic mass is 10.00. The van der Waals surface area contributed by atoms with Gasteiger partial charge in [0.25, 0.3) is 0 Å². The van der Waals surface area contributed by atoms with Crippen LogP contribution in [0.25, 0.3) is 10.0 Å². The van der Waals surface area contributed by atoms with E-state index in [1.54, 1.807) is 22.7 Å². The Morgan fingerprint density at radius 3 is 1.28 bits per heavy atom. The number of fused-ring (bicyclic) bond motifs is 6. The predicted octanol–water partition coefficient (Wildman–Crippen LogP) is 8.52. The second-order valence-corrected chi connectivity index (χ2v) is 14.5. The van der Waals surface area contributed by atoms with E-state index in [2.05, 4.69) is 57.2 Å². The number of hydrogen-bond acceptors (Lipinski definition) is 8. The van der Waals surface area contributed by atoms with E-state index in [0.29, 0.717) is 13.1 Å². The zero-order valence-electron chi connectivity index (χ0n) is 26.2. The second kappa shape index (κ2) is 12.0. The topological polar surface area (TPSA) is 86.1 Å². The maximum absolute atomic E-state index is 6.03. The van der Waals surface area contributed by atoms with Crippen LogP contribution >= 0.6 is 45.9 Å². The Labute approximate surface area is 285 Å². The van der Waals surface area contributed by atoms with Gasteiger partial charge in [-0.05, 0) is 76.9 Å². The number of aliphatic imine (C=N–C) groups is 2. The van der Waals surface area contributed by atoms with Crippen LogP contribution in [0.5, 0.6) is 0 Å². The van der Waals surface area contributed by atoms with E-state index in [0.717, 1.165) is 65.9 Å². The minimum atomic E-state index is 0.526. The summed E-state index contributed by atoms with van der Waals surface area (Å²) in [4.78, 5) is 12.3. The van der Waals surface area contributed by atoms with Crippen LogP contribution in [0.3, 0.4) is 0 Å². The Balaban J connectivity index is 0.000000147. The largest absolute Gasteiger partial charge is 0.276 e. The van der Waals surface area contributed by atoms with Gasteiger partial charge in [0.2, 0.25) is 0 Å². The van der Waals surface area contributed by atoms with Crippen LogP contribution in [0.1, 0.15) is 66.4 Å². The van der Waals surface area contributed by atoms with Gasteiger partial charge in [-0.1, -0.05) is 47.5 Å². The molecule has 0 amide bonds. The lowest BCUT2D eigenvalue weighted by Crippen LogP contribution is -2.07. The normalized spacial score (nSPS) is 13.3. The van der Waals surface area contributed by atoms with Crippen LogP contribution in [0.4, 0.5) is 0 Å². The summed E-state index contributed by atoms with van der Waals surface area (Å²) in [6, 6.07) is 15.7. The molecule has 232 valence electrons. The molecule has 8 rings (SSSR count). The molecule has 0 saturated carbocycles. The maximum Gasteiger partial charge on any atom is 0.160 e. The number of rotatable bonds is 2. The molecule has 2 aliphatic heterocycles. The molecule has 0 unspecified atom stereocenters. The Morgan fingerprint density at radius 1 is 0.543 bits per heavy atom. The number of benzene rings is 2. The average Bonchev–Trinajstić information content (AvgIpc) is 3.69. The van der Waals surface area contributed by atoms with E-state index in [9.17, 15) is 0 Å². The number of aryl methyl sites for hydroxylation is 4. The first-order valence-corrected chi connectivity index (χ1v) is 17.1. The van der Waals surface area contributed by atoms with Crippen molar-refractivity contribution in [3.8, 4) is 10.0 Å². The summed E-state index contributed by atoms with van der Waals surface area (Å²) in [5, 5.41) is 20.8. The molecular weight excluding hydrogens is 655 g/mol. The van der Waals surface area contributed by atoms with Gasteiger partial charge in [-0.3, -0.25) is 19.1 Å². The molecule has 6 aromatic rings. The Hall–Kier alpha value is -3.96. The number of nitrogens with zero attached hydrogens (tertiary/aromatic N) is 8. The Bertz CT molecular complexity index is 2020. The van der Waals surface area contributed by atoms with E-state index in [1.165, 1.54) is 32.0 Å². The average molecular weight is 686 g/mol. The molecule has 0 aliphatic carbocycles. The van der Waals surface area contributed by atoms with Crippen molar-refractivity contribution in [3.05, 3.63) is 125 Å². The van der Waals surface area contributed by atoms with E-state index < -0.39 is 0 Å². The first-order valence-electron chi connectivity index (χ1n) is 14.8. The first kappa shape index (κ1) is 30.7. The number of thiophene rings is 2. The molecule has 12 heteroatoms. The third kappa shape index (κ3) is 5.23. The van der Waals surface area contributed by atoms with Crippen molar-refractivity contribution in [3.63, 3.8) is 0 Å². The van der Waals surface area contributed by atoms with Gasteiger partial charge in [0.05, 0.1) is 11.4 Å². The van der Waals surface area contributed by atoms with Crippen molar-refractivity contribution < 1.29 is 0 Å². The fourth-order valence-corrected chi connectivity index (χ4v) is 8.48. The van der Waals surface area contributed by atoms with E-state index in [-0.39, 0.29) is 0 Å². The van der Waals surface area contributed by atoms with Crippen LogP contribution in [0.15, 0.2) is 58.5 Å². The summed E-state index contributed by atoms with van der Waals surface area (Å²) in [5.74, 6) is 3.56. The standard InChI is InChI=1S/2C17H15ClN4S/c2*1-9-10(2)23-17-15(9)16(12-4-6-13(18)7-5-12)19-8-14-21-20-11(3)22(14)17/h2*4-7H,8H2,1-3H3. The lowest BCUT2D eigenvalue weighted by molar-refractivity contribution is 0.869. The minimum Gasteiger partial charge on any atom is -0.276 e. The van der Waals surface area contributed by atoms with Crippen LogP contribution in [-0.4, -0.2) is 41.0 Å². The van der Waals surface area contributed by atoms with Crippen molar-refractivity contribution in [2.45, 2.75) is 54.6 Å². The van der Waals surface area contributed by atoms with Gasteiger partial charge in [-0.15, -0.1) is 43.1 Å². The molecule has 0 radical (unpaired) electrons. The van der Waals surface area contributed by atoms with Crippen molar-refractivity contribution >= 4 is 57.3 Å². The van der Waals surface area contributed by atoms with Gasteiger partial charge < -0.3 is 0 Å². The summed E-state index contributed by atoms with van der Waals surface area (Å²) in [6.07, 6.45) is 0. The fraction of sp³-hybridized carbons (Fsp3) is 0.235. The van der Waals surface area contributed by atoms with E-state index in [4.69, 9.17) is 33.2 Å². The summed E-state index contributed by atoms with van der Waals surface area (Å²) in [7, 11) is 0. The third-order valence-corrected chi connectivity index (χ3v) is 11.3. The molecule has 2 aliphatic rings. The van der Waals surface area contributed by atoms with Gasteiger partial charge >= 0.3 is 0 Å². The van der Waals surface area contributed by atoms with Crippen molar-refractivity contribution in [2.24, 2.45) is 9.98 Å². The molecule has 0 bridgehead atoms. The third-order valence-electron chi connectivity index (χ3n) is 8.39. The summed E-state index contributed by atoms with van der Waals surface area (Å²) in [6.45, 7) is 13.6. The molecule has 46 heavy (non-hydrogen) atoms. The zero-order chi connectivity index (χ0) is 32.3. The molecule has 0 N–H and O–H groups in total. The van der Waals surface area contributed by atoms with Crippen LogP contribution in [0.2, 0.25) is 10.0 Å². The molecule has 0 saturated heterocycles. The van der Waals surface area contributed by atoms with Crippen molar-refractivity contribution in [1.29, 1.82) is 0 Å². The zero-order valence-corrected chi connectivity index (χ0v) is 29.3. The smallest absolute Gasteiger partial charge is 0.160 e. The number of aromatic nitrogens is 6. The molecule has 2 aromatic carbocycles. The Kier molecular flexibility index (Phi) is 8.01. The highest BCUT2D eigenvalue weighted by molar-refractivity contribution is 7.15. The number of halogens is 2. The van der Waals surface area contributed by atoms with Gasteiger partial charge in [0.15, 0.2) is 11.6 Å². The molecule has 8 nitrogen and oxygen atoms in total. The molecular formula is C34H30Cl2N8S2. The van der Waals surface area contributed by atoms with E-state index in [1.807, 2.05) is 62.4 Å². The monoisotopic (exact) mass is 684 g/mol. The maximum atomic E-state index is 6.03. The highest BCUT2D eigenvalue weighted by atomic mass is 35.5. The summed E-state index contributed by atoms with van der Waals surface area (Å²) in [5.41, 5.74) is 9.04. The van der Waals surface area contributed by atoms with Crippen molar-refractivity contribution in [2.75, 3.05) is 0 Å². The van der Waals surface area contributed by atoms with Crippen molar-refractivity contribution in [1.82, 2.24) is 29.5 Å². The molecule has 6 heterocycles. The van der Waals surface area contributed by atoms with Crippen LogP contribution in [0, 0.1) is 41.5 Å². The van der Waals surface area contributed by atoms with Gasteiger partial charge in [-0.2, -0.15) is 0 Å². The quantitative estimate of drug-likeness (QED) is 0.183. The highest BCUT2D eigenvalue weighted by Gasteiger charge is 2.27. The van der Waals surface area contributed by atoms with Crippen LogP contribution in [-0.2, 0) is 13.1 Å². The minimum absolute atomic E-state index is 0.526. The fourth-order valence-electron chi connectivity index (χ4n) is 5.78. The molecule has 0 atom stereocenters. The summed E-state index contributed by atoms with van der Waals surface area (Å²) < 4.78 is 4.26. The van der Waals surface area contributed by atoms with Gasteiger partial charge in [0, 0.05) is 42.1 Å². The molecule has 0 fully saturated rings. The van der Waals surface area contributed by atoms with Gasteiger partial charge in [0.1, 0.15) is 34.7 Å². The van der Waals surface area contributed by atoms with Gasteiger partial charge in [-0.25, -0.2) is 0 Å². The SMILES string of the molecule is Cc1sc2c(c1C)C(c1ccc(Cl)cc1)=NCc1nnc(C)n1-2.Cc1sc2c(c1C)C(c1ccc(Cl)cc1)=NCc1nnc(C)n1-2. The van der Waals surface area contributed by atoms with Crippen LogP contribution < -0.4 is 0 Å². The predicted molar refractivity (Wildman–Crippen MR) is 188 cm³/mol.